The summed E-state index contributed by atoms with van der Waals surface area (Å²) in [6.45, 7) is 10.3. The van der Waals surface area contributed by atoms with Crippen LogP contribution in [0.25, 0.3) is 0 Å². The standard InChI is InChI=1S/C19H29N3O2/c1-2-21-10-12-22(13-11-21)9-5-8-20-19(23)17-14-16-6-3-4-7-18(16)24-15-17/h3-4,6-7,17H,2,5,8-15H2,1H3,(H,20,23). The van der Waals surface area contributed by atoms with Gasteiger partial charge in [0, 0.05) is 32.7 Å². The Morgan fingerprint density at radius 1 is 1.21 bits per heavy atom. The Balaban J connectivity index is 1.33. The summed E-state index contributed by atoms with van der Waals surface area (Å²) < 4.78 is 5.71. The molecule has 1 aromatic rings. The molecule has 24 heavy (non-hydrogen) atoms. The van der Waals surface area contributed by atoms with Crippen LogP contribution < -0.4 is 10.1 Å². The number of fused-ring (bicyclic) bond motifs is 1. The molecule has 3 rings (SSSR count). The maximum atomic E-state index is 12.3. The minimum Gasteiger partial charge on any atom is -0.492 e. The Bertz CT molecular complexity index is 541. The Kier molecular flexibility index (Phi) is 6.10. The second kappa shape index (κ2) is 8.49. The van der Waals surface area contributed by atoms with Gasteiger partial charge in [0.05, 0.1) is 5.92 Å². The van der Waals surface area contributed by atoms with Gasteiger partial charge in [0.1, 0.15) is 12.4 Å². The predicted octanol–water partition coefficient (Wildman–Crippen LogP) is 1.38. The van der Waals surface area contributed by atoms with Crippen molar-refractivity contribution in [1.82, 2.24) is 15.1 Å². The summed E-state index contributed by atoms with van der Waals surface area (Å²) in [6, 6.07) is 7.99. The fraction of sp³-hybridized carbons (Fsp3) is 0.632. The van der Waals surface area contributed by atoms with Crippen LogP contribution in [0.4, 0.5) is 0 Å². The number of nitrogens with one attached hydrogen (secondary N) is 1. The van der Waals surface area contributed by atoms with Gasteiger partial charge in [-0.15, -0.1) is 0 Å². The number of amides is 1. The van der Waals surface area contributed by atoms with E-state index in [1.807, 2.05) is 24.3 Å². The average Bonchev–Trinajstić information content (AvgIpc) is 2.65. The maximum Gasteiger partial charge on any atom is 0.226 e. The minimum atomic E-state index is -0.0620. The van der Waals surface area contributed by atoms with Crippen molar-refractivity contribution in [3.05, 3.63) is 29.8 Å². The fourth-order valence-electron chi connectivity index (χ4n) is 3.48. The lowest BCUT2D eigenvalue weighted by Crippen LogP contribution is -2.46. The van der Waals surface area contributed by atoms with Gasteiger partial charge in [-0.3, -0.25) is 4.79 Å². The number of hydrogen-bond donors (Lipinski definition) is 1. The molecule has 1 atom stereocenters. The van der Waals surface area contributed by atoms with Crippen LogP contribution in [0, 0.1) is 5.92 Å². The quantitative estimate of drug-likeness (QED) is 0.800. The largest absolute Gasteiger partial charge is 0.492 e. The molecule has 0 radical (unpaired) electrons. The van der Waals surface area contributed by atoms with Gasteiger partial charge in [-0.05, 0) is 37.6 Å². The Labute approximate surface area is 145 Å². The van der Waals surface area contributed by atoms with Crippen molar-refractivity contribution in [2.24, 2.45) is 5.92 Å². The van der Waals surface area contributed by atoms with Crippen molar-refractivity contribution in [1.29, 1.82) is 0 Å². The van der Waals surface area contributed by atoms with Gasteiger partial charge in [-0.25, -0.2) is 0 Å². The van der Waals surface area contributed by atoms with Gasteiger partial charge in [0.2, 0.25) is 5.91 Å². The summed E-state index contributed by atoms with van der Waals surface area (Å²) in [6.07, 6.45) is 1.79. The molecule has 1 unspecified atom stereocenters. The zero-order valence-electron chi connectivity index (χ0n) is 14.7. The number of rotatable bonds is 6. The number of ether oxygens (including phenoxy) is 1. The first-order valence-electron chi connectivity index (χ1n) is 9.19. The topological polar surface area (TPSA) is 44.8 Å². The third kappa shape index (κ3) is 4.48. The van der Waals surface area contributed by atoms with Crippen molar-refractivity contribution in [2.45, 2.75) is 19.8 Å². The Hall–Kier alpha value is -1.59. The summed E-state index contributed by atoms with van der Waals surface area (Å²) >= 11 is 0. The van der Waals surface area contributed by atoms with Crippen LogP contribution in [-0.4, -0.2) is 68.1 Å². The van der Waals surface area contributed by atoms with Gasteiger partial charge in [-0.2, -0.15) is 0 Å². The smallest absolute Gasteiger partial charge is 0.226 e. The molecule has 5 nitrogen and oxygen atoms in total. The third-order valence-corrected chi connectivity index (χ3v) is 5.11. The van der Waals surface area contributed by atoms with Gasteiger partial charge >= 0.3 is 0 Å². The van der Waals surface area contributed by atoms with E-state index in [9.17, 15) is 4.79 Å². The molecule has 2 aliphatic rings. The van der Waals surface area contributed by atoms with E-state index in [1.165, 1.54) is 13.1 Å². The van der Waals surface area contributed by atoms with Crippen molar-refractivity contribution in [2.75, 3.05) is 52.4 Å². The highest BCUT2D eigenvalue weighted by atomic mass is 16.5. The highest BCUT2D eigenvalue weighted by molar-refractivity contribution is 5.79. The first kappa shape index (κ1) is 17.2. The molecule has 0 aliphatic carbocycles. The first-order valence-corrected chi connectivity index (χ1v) is 9.19. The van der Waals surface area contributed by atoms with Crippen LogP contribution in [0.2, 0.25) is 0 Å². The van der Waals surface area contributed by atoms with Crippen molar-refractivity contribution in [3.63, 3.8) is 0 Å². The molecule has 0 saturated carbocycles. The first-order chi connectivity index (χ1) is 11.8. The molecule has 1 N–H and O–H groups in total. The number of carbonyl (C=O) groups is 1. The molecular weight excluding hydrogens is 302 g/mol. The lowest BCUT2D eigenvalue weighted by Gasteiger charge is -2.34. The molecule has 1 fully saturated rings. The zero-order chi connectivity index (χ0) is 16.8. The van der Waals surface area contributed by atoms with Crippen LogP contribution in [0.1, 0.15) is 18.9 Å². The SMILES string of the molecule is CCN1CCN(CCCNC(=O)C2COc3ccccc3C2)CC1. The molecule has 0 aromatic heterocycles. The van der Waals surface area contributed by atoms with E-state index in [-0.39, 0.29) is 11.8 Å². The molecule has 0 spiro atoms. The van der Waals surface area contributed by atoms with E-state index in [1.54, 1.807) is 0 Å². The van der Waals surface area contributed by atoms with Gasteiger partial charge in [0.25, 0.3) is 0 Å². The highest BCUT2D eigenvalue weighted by Crippen LogP contribution is 2.26. The summed E-state index contributed by atoms with van der Waals surface area (Å²) in [5.74, 6) is 0.987. The zero-order valence-corrected chi connectivity index (χ0v) is 14.7. The number of hydrogen-bond acceptors (Lipinski definition) is 4. The van der Waals surface area contributed by atoms with Crippen molar-refractivity contribution >= 4 is 5.91 Å². The van der Waals surface area contributed by atoms with E-state index in [0.717, 1.165) is 56.9 Å². The second-order valence-corrected chi connectivity index (χ2v) is 6.74. The molecule has 132 valence electrons. The maximum absolute atomic E-state index is 12.3. The van der Waals surface area contributed by atoms with Crippen LogP contribution in [0.3, 0.4) is 0 Å². The fourth-order valence-corrected chi connectivity index (χ4v) is 3.48. The predicted molar refractivity (Wildman–Crippen MR) is 95.3 cm³/mol. The molecule has 1 amide bonds. The highest BCUT2D eigenvalue weighted by Gasteiger charge is 2.25. The Morgan fingerprint density at radius 2 is 1.96 bits per heavy atom. The number of likely N-dealkylation sites (N-methyl/N-ethyl adjacent to an activating group) is 1. The molecular formula is C19H29N3O2. The van der Waals surface area contributed by atoms with Gasteiger partial charge < -0.3 is 19.9 Å². The van der Waals surface area contributed by atoms with E-state index in [2.05, 4.69) is 22.0 Å². The number of carbonyl (C=O) groups excluding carboxylic acids is 1. The summed E-state index contributed by atoms with van der Waals surface area (Å²) in [4.78, 5) is 17.3. The number of benzene rings is 1. The van der Waals surface area contributed by atoms with Crippen LogP contribution >= 0.6 is 0 Å². The number of piperazine rings is 1. The van der Waals surface area contributed by atoms with E-state index < -0.39 is 0 Å². The van der Waals surface area contributed by atoms with Gasteiger partial charge in [0.15, 0.2) is 0 Å². The van der Waals surface area contributed by atoms with E-state index >= 15 is 0 Å². The number of para-hydroxylation sites is 1. The Morgan fingerprint density at radius 3 is 2.75 bits per heavy atom. The van der Waals surface area contributed by atoms with Crippen LogP contribution in [-0.2, 0) is 11.2 Å². The molecule has 5 heteroatoms. The summed E-state index contributed by atoms with van der Waals surface area (Å²) in [5.41, 5.74) is 1.14. The van der Waals surface area contributed by atoms with E-state index in [4.69, 9.17) is 4.74 Å². The van der Waals surface area contributed by atoms with Crippen molar-refractivity contribution in [3.8, 4) is 5.75 Å². The monoisotopic (exact) mass is 331 g/mol. The van der Waals surface area contributed by atoms with E-state index in [0.29, 0.717) is 6.61 Å². The second-order valence-electron chi connectivity index (χ2n) is 6.74. The van der Waals surface area contributed by atoms with Crippen LogP contribution in [0.5, 0.6) is 5.75 Å². The molecule has 1 saturated heterocycles. The lowest BCUT2D eigenvalue weighted by atomic mass is 9.96. The lowest BCUT2D eigenvalue weighted by molar-refractivity contribution is -0.126. The minimum absolute atomic E-state index is 0.0620. The normalized spacial score (nSPS) is 21.8. The molecule has 2 heterocycles. The average molecular weight is 331 g/mol. The van der Waals surface area contributed by atoms with Crippen molar-refractivity contribution < 1.29 is 9.53 Å². The van der Waals surface area contributed by atoms with Crippen LogP contribution in [0.15, 0.2) is 24.3 Å². The summed E-state index contributed by atoms with van der Waals surface area (Å²) in [5, 5.41) is 3.09. The van der Waals surface area contributed by atoms with Gasteiger partial charge in [-0.1, -0.05) is 25.1 Å². The third-order valence-electron chi connectivity index (χ3n) is 5.11. The molecule has 0 bridgehead atoms. The summed E-state index contributed by atoms with van der Waals surface area (Å²) in [7, 11) is 0. The molecule has 2 aliphatic heterocycles. The number of nitrogens with zero attached hydrogens (tertiary/aromatic N) is 2. The molecule has 1 aromatic carbocycles.